The molecule has 11 aromatic rings. The topological polar surface area (TPSA) is 26.3 Å². The highest BCUT2D eigenvalue weighted by Gasteiger charge is 2.23. The average Bonchev–Trinajstić information content (AvgIpc) is 3.81. The van der Waals surface area contributed by atoms with Crippen molar-refractivity contribution in [1.29, 1.82) is 0 Å². The van der Waals surface area contributed by atoms with Gasteiger partial charge in [0.15, 0.2) is 0 Å². The van der Waals surface area contributed by atoms with Gasteiger partial charge in [0.2, 0.25) is 0 Å². The van der Waals surface area contributed by atoms with Crippen LogP contribution in [0.25, 0.3) is 110 Å². The summed E-state index contributed by atoms with van der Waals surface area (Å²) in [5, 5.41) is 6.73. The lowest BCUT2D eigenvalue weighted by Crippen LogP contribution is -1.91. The maximum absolute atomic E-state index is 6.96. The van der Waals surface area contributed by atoms with Gasteiger partial charge in [-0.2, -0.15) is 0 Å². The molecule has 0 fully saturated rings. The van der Waals surface area contributed by atoms with Gasteiger partial charge in [-0.3, -0.25) is 0 Å². The Hall–Kier alpha value is -7.16. The first-order chi connectivity index (χ1) is 26.8. The third-order valence-electron chi connectivity index (χ3n) is 10.8. The molecule has 0 N–H and O–H groups in total. The molecular weight excluding hydrogens is 657 g/mol. The van der Waals surface area contributed by atoms with Crippen LogP contribution in [0, 0.1) is 0 Å². The number of benzene rings is 9. The molecule has 2 aromatic heterocycles. The molecule has 54 heavy (non-hydrogen) atoms. The second-order valence-electron chi connectivity index (χ2n) is 14.0. The molecule has 0 unspecified atom stereocenters. The Morgan fingerprint density at radius 1 is 0.241 bits per heavy atom. The lowest BCUT2D eigenvalue weighted by atomic mass is 9.86. The molecule has 0 radical (unpaired) electrons. The van der Waals surface area contributed by atoms with Gasteiger partial charge in [0.05, 0.1) is 0 Å². The van der Waals surface area contributed by atoms with E-state index in [2.05, 4.69) is 188 Å². The summed E-state index contributed by atoms with van der Waals surface area (Å²) in [6.07, 6.45) is 0. The zero-order chi connectivity index (χ0) is 35.6. The van der Waals surface area contributed by atoms with Crippen molar-refractivity contribution in [3.05, 3.63) is 194 Å². The zero-order valence-electron chi connectivity index (χ0n) is 29.3. The normalized spacial score (nSPS) is 11.7. The molecule has 2 nitrogen and oxygen atoms in total. The van der Waals surface area contributed by atoms with Crippen LogP contribution in [-0.2, 0) is 0 Å². The summed E-state index contributed by atoms with van der Waals surface area (Å²) in [6, 6.07) is 69.1. The highest BCUT2D eigenvalue weighted by Crippen LogP contribution is 2.49. The first-order valence-corrected chi connectivity index (χ1v) is 18.4. The second kappa shape index (κ2) is 12.2. The predicted molar refractivity (Wildman–Crippen MR) is 226 cm³/mol. The van der Waals surface area contributed by atoms with Crippen molar-refractivity contribution in [2.45, 2.75) is 0 Å². The molecule has 0 spiro atoms. The van der Waals surface area contributed by atoms with E-state index in [1.54, 1.807) is 0 Å². The monoisotopic (exact) mass is 688 g/mol. The van der Waals surface area contributed by atoms with E-state index >= 15 is 0 Å². The molecule has 0 amide bonds. The third-order valence-corrected chi connectivity index (χ3v) is 10.8. The summed E-state index contributed by atoms with van der Waals surface area (Å²) in [6.45, 7) is 0. The fraction of sp³-hybridized carbons (Fsp3) is 0. The van der Waals surface area contributed by atoms with Crippen molar-refractivity contribution in [2.24, 2.45) is 0 Å². The maximum atomic E-state index is 6.96. The van der Waals surface area contributed by atoms with E-state index in [9.17, 15) is 0 Å². The number of hydrogen-bond acceptors (Lipinski definition) is 2. The van der Waals surface area contributed by atoms with Gasteiger partial charge < -0.3 is 8.83 Å². The molecule has 0 atom stereocenters. The van der Waals surface area contributed by atoms with Crippen LogP contribution in [0.5, 0.6) is 0 Å². The van der Waals surface area contributed by atoms with Crippen molar-refractivity contribution in [1.82, 2.24) is 0 Å². The minimum Gasteiger partial charge on any atom is -0.456 e. The molecule has 252 valence electrons. The molecule has 0 aliphatic heterocycles. The minimum absolute atomic E-state index is 0.868. The Bertz CT molecular complexity index is 3130. The van der Waals surface area contributed by atoms with Gasteiger partial charge in [0.1, 0.15) is 22.3 Å². The van der Waals surface area contributed by atoms with E-state index in [0.29, 0.717) is 0 Å². The van der Waals surface area contributed by atoms with Crippen LogP contribution in [0.1, 0.15) is 0 Å². The first-order valence-electron chi connectivity index (χ1n) is 18.4. The number of rotatable bonds is 5. The van der Waals surface area contributed by atoms with Crippen LogP contribution in [0.2, 0.25) is 0 Å². The largest absolute Gasteiger partial charge is 0.456 e. The summed E-state index contributed by atoms with van der Waals surface area (Å²) in [7, 11) is 0. The van der Waals surface area contributed by atoms with E-state index in [4.69, 9.17) is 8.83 Å². The quantitative estimate of drug-likeness (QED) is 0.180. The molecule has 0 saturated carbocycles. The molecule has 2 heteroatoms. The SMILES string of the molecule is c1ccc(-c2cc(-c3ccccc3)cc(-c3c4ccccc4c(-c4ccc5oc6cc(-c7ccccc7)ccc6c5c4)c4oc5ccccc5c34)c2)cc1. The highest BCUT2D eigenvalue weighted by molar-refractivity contribution is 6.27. The summed E-state index contributed by atoms with van der Waals surface area (Å²) in [5.74, 6) is 0. The number of para-hydroxylation sites is 1. The maximum Gasteiger partial charge on any atom is 0.144 e. The number of hydrogen-bond donors (Lipinski definition) is 0. The van der Waals surface area contributed by atoms with Crippen LogP contribution in [0.3, 0.4) is 0 Å². The van der Waals surface area contributed by atoms with E-state index in [1.807, 2.05) is 6.07 Å². The van der Waals surface area contributed by atoms with Gasteiger partial charge in [0.25, 0.3) is 0 Å². The fourth-order valence-corrected chi connectivity index (χ4v) is 8.34. The van der Waals surface area contributed by atoms with Crippen molar-refractivity contribution in [2.75, 3.05) is 0 Å². The van der Waals surface area contributed by atoms with Crippen LogP contribution >= 0.6 is 0 Å². The van der Waals surface area contributed by atoms with Gasteiger partial charge in [-0.1, -0.05) is 146 Å². The van der Waals surface area contributed by atoms with Crippen molar-refractivity contribution >= 4 is 54.6 Å². The Balaban J connectivity index is 1.20. The lowest BCUT2D eigenvalue weighted by Gasteiger charge is -2.17. The average molecular weight is 689 g/mol. The zero-order valence-corrected chi connectivity index (χ0v) is 29.3. The Kier molecular flexibility index (Phi) is 6.90. The lowest BCUT2D eigenvalue weighted by molar-refractivity contribution is 0.668. The molecule has 0 saturated heterocycles. The number of fused-ring (bicyclic) bond motifs is 7. The summed E-state index contributed by atoms with van der Waals surface area (Å²) in [4.78, 5) is 0. The van der Waals surface area contributed by atoms with Crippen LogP contribution in [0.4, 0.5) is 0 Å². The van der Waals surface area contributed by atoms with Gasteiger partial charge in [0, 0.05) is 32.7 Å². The fourth-order valence-electron chi connectivity index (χ4n) is 8.34. The first kappa shape index (κ1) is 30.5. The van der Waals surface area contributed by atoms with Crippen LogP contribution in [-0.4, -0.2) is 0 Å². The van der Waals surface area contributed by atoms with Crippen molar-refractivity contribution in [3.63, 3.8) is 0 Å². The predicted octanol–water partition coefficient (Wildman–Crippen LogP) is 15.0. The Morgan fingerprint density at radius 2 is 0.759 bits per heavy atom. The van der Waals surface area contributed by atoms with Crippen molar-refractivity contribution in [3.8, 4) is 55.6 Å². The van der Waals surface area contributed by atoms with E-state index in [1.165, 1.54) is 38.8 Å². The second-order valence-corrected chi connectivity index (χ2v) is 14.0. The summed E-state index contributed by atoms with van der Waals surface area (Å²) >= 11 is 0. The minimum atomic E-state index is 0.868. The van der Waals surface area contributed by atoms with Gasteiger partial charge in [-0.15, -0.1) is 0 Å². The molecule has 0 bridgehead atoms. The number of furan rings is 2. The standard InChI is InChI=1S/C52H32O2/c1-4-14-33(15-5-1)36-24-26-41-45-31-37(25-27-47(45)53-48(41)32-36)50-43-21-11-10-20-42(43)49(51-44-22-12-13-23-46(44)54-52(50)51)40-29-38(34-16-6-2-7-17-34)28-39(30-40)35-18-8-3-9-19-35/h1-32H. The molecule has 0 aliphatic rings. The van der Waals surface area contributed by atoms with E-state index < -0.39 is 0 Å². The van der Waals surface area contributed by atoms with Gasteiger partial charge >= 0.3 is 0 Å². The van der Waals surface area contributed by atoms with Gasteiger partial charge in [-0.05, 0) is 104 Å². The molecule has 0 aliphatic carbocycles. The summed E-state index contributed by atoms with van der Waals surface area (Å²) in [5.41, 5.74) is 15.0. The van der Waals surface area contributed by atoms with Crippen molar-refractivity contribution < 1.29 is 8.83 Å². The Morgan fingerprint density at radius 3 is 1.43 bits per heavy atom. The van der Waals surface area contributed by atoms with E-state index in [-0.39, 0.29) is 0 Å². The molecular formula is C52H32O2. The van der Waals surface area contributed by atoms with Crippen LogP contribution < -0.4 is 0 Å². The molecule has 9 aromatic carbocycles. The smallest absolute Gasteiger partial charge is 0.144 e. The molecule has 2 heterocycles. The Labute approximate surface area is 312 Å². The molecule has 11 rings (SSSR count). The van der Waals surface area contributed by atoms with Gasteiger partial charge in [-0.25, -0.2) is 0 Å². The van der Waals surface area contributed by atoms with E-state index in [0.717, 1.165) is 71.5 Å². The van der Waals surface area contributed by atoms with Crippen LogP contribution in [0.15, 0.2) is 203 Å². The highest BCUT2D eigenvalue weighted by atomic mass is 16.3. The summed E-state index contributed by atoms with van der Waals surface area (Å²) < 4.78 is 13.4. The third kappa shape index (κ3) is 4.88.